The van der Waals surface area contributed by atoms with Crippen LogP contribution in [0.2, 0.25) is 0 Å². The lowest BCUT2D eigenvalue weighted by Gasteiger charge is -2.08. The molecule has 1 amide bonds. The molecular formula is C20H18FN3O. The molecule has 0 saturated heterocycles. The maximum absolute atomic E-state index is 12.9. The van der Waals surface area contributed by atoms with Crippen LogP contribution in [0.25, 0.3) is 0 Å². The summed E-state index contributed by atoms with van der Waals surface area (Å²) in [6.45, 7) is 0.689. The second-order valence-electron chi connectivity index (χ2n) is 5.56. The average Bonchev–Trinajstić information content (AvgIpc) is 2.65. The number of nitrogens with zero attached hydrogens (tertiary/aromatic N) is 1. The first-order valence-corrected chi connectivity index (χ1v) is 8.01. The lowest BCUT2D eigenvalue weighted by Crippen LogP contribution is -2.12. The molecule has 0 radical (unpaired) electrons. The molecule has 4 nitrogen and oxygen atoms in total. The van der Waals surface area contributed by atoms with Crippen molar-refractivity contribution < 1.29 is 9.18 Å². The van der Waals surface area contributed by atoms with E-state index in [1.807, 2.05) is 24.3 Å². The summed E-state index contributed by atoms with van der Waals surface area (Å²) in [5.74, 6) is 0.325. The molecule has 0 atom stereocenters. The van der Waals surface area contributed by atoms with Gasteiger partial charge in [0.1, 0.15) is 11.6 Å². The van der Waals surface area contributed by atoms with Crippen molar-refractivity contribution in [2.24, 2.45) is 0 Å². The summed E-state index contributed by atoms with van der Waals surface area (Å²) in [4.78, 5) is 16.4. The topological polar surface area (TPSA) is 54.0 Å². The number of hydrogen-bond acceptors (Lipinski definition) is 3. The molecule has 0 aliphatic carbocycles. The SMILES string of the molecule is O=C(Nc1ccc(NCCc2ccc(F)cc2)nc1)c1ccccc1. The maximum atomic E-state index is 12.9. The highest BCUT2D eigenvalue weighted by Crippen LogP contribution is 2.12. The molecule has 0 saturated carbocycles. The van der Waals surface area contributed by atoms with Crippen LogP contribution in [0.1, 0.15) is 15.9 Å². The number of halogens is 1. The molecule has 1 heterocycles. The molecule has 0 unspecified atom stereocenters. The summed E-state index contributed by atoms with van der Waals surface area (Å²) in [5, 5.41) is 6.01. The Bertz CT molecular complexity index is 818. The van der Waals surface area contributed by atoms with Gasteiger partial charge in [0.2, 0.25) is 0 Å². The molecule has 1 aromatic heterocycles. The number of hydrogen-bond donors (Lipinski definition) is 2. The molecule has 3 aromatic rings. The molecule has 25 heavy (non-hydrogen) atoms. The molecule has 2 N–H and O–H groups in total. The molecule has 0 bridgehead atoms. The first-order valence-electron chi connectivity index (χ1n) is 8.01. The molecule has 5 heteroatoms. The fourth-order valence-electron chi connectivity index (χ4n) is 2.35. The van der Waals surface area contributed by atoms with Gasteiger partial charge in [0.15, 0.2) is 0 Å². The van der Waals surface area contributed by atoms with Gasteiger partial charge in [-0.3, -0.25) is 4.79 Å². The number of anilines is 2. The molecule has 2 aromatic carbocycles. The van der Waals surface area contributed by atoms with Crippen molar-refractivity contribution in [3.63, 3.8) is 0 Å². The van der Waals surface area contributed by atoms with Crippen molar-refractivity contribution in [1.29, 1.82) is 0 Å². The van der Waals surface area contributed by atoms with Crippen LogP contribution in [0.5, 0.6) is 0 Å². The third kappa shape index (κ3) is 4.88. The van der Waals surface area contributed by atoms with Crippen LogP contribution < -0.4 is 10.6 Å². The Kier molecular flexibility index (Phi) is 5.36. The Balaban J connectivity index is 1.50. The molecule has 3 rings (SSSR count). The van der Waals surface area contributed by atoms with E-state index in [4.69, 9.17) is 0 Å². The molecule has 0 aliphatic heterocycles. The molecule has 126 valence electrons. The lowest BCUT2D eigenvalue weighted by molar-refractivity contribution is 0.102. The van der Waals surface area contributed by atoms with Crippen LogP contribution in [0, 0.1) is 5.82 Å². The lowest BCUT2D eigenvalue weighted by atomic mass is 10.1. The van der Waals surface area contributed by atoms with Gasteiger partial charge in [0, 0.05) is 12.1 Å². The van der Waals surface area contributed by atoms with E-state index in [0.717, 1.165) is 17.8 Å². The Labute approximate surface area is 145 Å². The monoisotopic (exact) mass is 335 g/mol. The van der Waals surface area contributed by atoms with Gasteiger partial charge in [0.05, 0.1) is 11.9 Å². The summed E-state index contributed by atoms with van der Waals surface area (Å²) in [7, 11) is 0. The minimum Gasteiger partial charge on any atom is -0.370 e. The molecular weight excluding hydrogens is 317 g/mol. The van der Waals surface area contributed by atoms with Gasteiger partial charge < -0.3 is 10.6 Å². The second kappa shape index (κ2) is 8.06. The number of benzene rings is 2. The van der Waals surface area contributed by atoms with E-state index in [1.54, 1.807) is 36.5 Å². The number of pyridine rings is 1. The normalized spacial score (nSPS) is 10.3. The zero-order valence-corrected chi connectivity index (χ0v) is 13.6. The Morgan fingerprint density at radius 1 is 0.960 bits per heavy atom. The predicted octanol–water partition coefficient (Wildman–Crippen LogP) is 4.13. The molecule has 0 aliphatic rings. The molecule has 0 spiro atoms. The number of amides is 1. The second-order valence-corrected chi connectivity index (χ2v) is 5.56. The summed E-state index contributed by atoms with van der Waals surface area (Å²) in [6.07, 6.45) is 2.38. The fraction of sp³-hybridized carbons (Fsp3) is 0.100. The van der Waals surface area contributed by atoms with Gasteiger partial charge in [-0.05, 0) is 48.4 Å². The quantitative estimate of drug-likeness (QED) is 0.712. The number of carbonyl (C=O) groups is 1. The zero-order valence-electron chi connectivity index (χ0n) is 13.6. The third-order valence-corrected chi connectivity index (χ3v) is 3.69. The summed E-state index contributed by atoms with van der Waals surface area (Å²) < 4.78 is 12.9. The minimum atomic E-state index is -0.230. The van der Waals surface area contributed by atoms with Crippen LogP contribution in [-0.4, -0.2) is 17.4 Å². The van der Waals surface area contributed by atoms with E-state index >= 15 is 0 Å². The minimum absolute atomic E-state index is 0.167. The Morgan fingerprint density at radius 2 is 1.72 bits per heavy atom. The van der Waals surface area contributed by atoms with Gasteiger partial charge >= 0.3 is 0 Å². The van der Waals surface area contributed by atoms with Crippen molar-refractivity contribution in [1.82, 2.24) is 4.98 Å². The summed E-state index contributed by atoms with van der Waals surface area (Å²) in [6, 6.07) is 19.1. The Hall–Kier alpha value is -3.21. The third-order valence-electron chi connectivity index (χ3n) is 3.69. The van der Waals surface area contributed by atoms with Crippen LogP contribution >= 0.6 is 0 Å². The summed E-state index contributed by atoms with van der Waals surface area (Å²) in [5.41, 5.74) is 2.29. The van der Waals surface area contributed by atoms with Crippen molar-refractivity contribution in [3.05, 3.63) is 89.9 Å². The summed E-state index contributed by atoms with van der Waals surface area (Å²) >= 11 is 0. The standard InChI is InChI=1S/C20H18FN3O/c21-17-8-6-15(7-9-17)12-13-22-19-11-10-18(14-23-19)24-20(25)16-4-2-1-3-5-16/h1-11,14H,12-13H2,(H,22,23)(H,24,25). The van der Waals surface area contributed by atoms with E-state index in [1.165, 1.54) is 12.1 Å². The highest BCUT2D eigenvalue weighted by Gasteiger charge is 2.05. The van der Waals surface area contributed by atoms with Gasteiger partial charge in [-0.1, -0.05) is 30.3 Å². The smallest absolute Gasteiger partial charge is 0.255 e. The van der Waals surface area contributed by atoms with Crippen LogP contribution in [0.3, 0.4) is 0 Å². The van der Waals surface area contributed by atoms with Gasteiger partial charge in [-0.2, -0.15) is 0 Å². The fourth-order valence-corrected chi connectivity index (χ4v) is 2.35. The van der Waals surface area contributed by atoms with Gasteiger partial charge in [-0.15, -0.1) is 0 Å². The van der Waals surface area contributed by atoms with Crippen molar-refractivity contribution in [2.45, 2.75) is 6.42 Å². The van der Waals surface area contributed by atoms with Gasteiger partial charge in [0.25, 0.3) is 5.91 Å². The van der Waals surface area contributed by atoms with Crippen LogP contribution in [-0.2, 0) is 6.42 Å². The highest BCUT2D eigenvalue weighted by molar-refractivity contribution is 6.04. The first kappa shape index (κ1) is 16.6. The maximum Gasteiger partial charge on any atom is 0.255 e. The van der Waals surface area contributed by atoms with Gasteiger partial charge in [-0.25, -0.2) is 9.37 Å². The Morgan fingerprint density at radius 3 is 2.40 bits per heavy atom. The largest absolute Gasteiger partial charge is 0.370 e. The number of aromatic nitrogens is 1. The van der Waals surface area contributed by atoms with Crippen molar-refractivity contribution in [3.8, 4) is 0 Å². The number of carbonyl (C=O) groups excluding carboxylic acids is 1. The average molecular weight is 335 g/mol. The number of rotatable bonds is 6. The van der Waals surface area contributed by atoms with Crippen LogP contribution in [0.15, 0.2) is 72.9 Å². The number of nitrogens with one attached hydrogen (secondary N) is 2. The van der Waals surface area contributed by atoms with Crippen molar-refractivity contribution in [2.75, 3.05) is 17.2 Å². The molecule has 0 fully saturated rings. The van der Waals surface area contributed by atoms with E-state index in [-0.39, 0.29) is 11.7 Å². The highest BCUT2D eigenvalue weighted by atomic mass is 19.1. The van der Waals surface area contributed by atoms with Crippen molar-refractivity contribution >= 4 is 17.4 Å². The van der Waals surface area contributed by atoms with E-state index < -0.39 is 0 Å². The van der Waals surface area contributed by atoms with E-state index in [2.05, 4.69) is 15.6 Å². The first-order chi connectivity index (χ1) is 12.2. The predicted molar refractivity (Wildman–Crippen MR) is 97.2 cm³/mol. The zero-order chi connectivity index (χ0) is 17.5. The van der Waals surface area contributed by atoms with E-state index in [0.29, 0.717) is 17.8 Å². The van der Waals surface area contributed by atoms with E-state index in [9.17, 15) is 9.18 Å². The van der Waals surface area contributed by atoms with Crippen LogP contribution in [0.4, 0.5) is 15.9 Å².